The van der Waals surface area contributed by atoms with E-state index in [1.807, 2.05) is 24.3 Å². The first-order valence-corrected chi connectivity index (χ1v) is 10.6. The number of ether oxygens (including phenoxy) is 1. The predicted molar refractivity (Wildman–Crippen MR) is 115 cm³/mol. The van der Waals surface area contributed by atoms with Crippen LogP contribution in [0.3, 0.4) is 0 Å². The van der Waals surface area contributed by atoms with E-state index in [1.54, 1.807) is 18.2 Å². The molecule has 7 nitrogen and oxygen atoms in total. The summed E-state index contributed by atoms with van der Waals surface area (Å²) < 4.78 is 6.00. The molecule has 0 saturated carbocycles. The Morgan fingerprint density at radius 2 is 1.77 bits per heavy atom. The highest BCUT2D eigenvalue weighted by molar-refractivity contribution is 6.22. The quantitative estimate of drug-likeness (QED) is 0.638. The van der Waals surface area contributed by atoms with Crippen LogP contribution in [0.5, 0.6) is 11.5 Å². The molecular weight excluding hydrogens is 396 g/mol. The molecule has 2 aliphatic rings. The normalized spacial score (nSPS) is 23.8. The first-order chi connectivity index (χ1) is 14.7. The number of hydrogen-bond acceptors (Lipinski definition) is 6. The number of hydrogen-bond donors (Lipinski definition) is 3. The number of imide groups is 1. The summed E-state index contributed by atoms with van der Waals surface area (Å²) in [5.74, 6) is -0.0845. The molecule has 0 aromatic heterocycles. The molecule has 4 rings (SSSR count). The first-order valence-electron chi connectivity index (χ1n) is 10.6. The number of carbonyl (C=O) groups is 2. The molecule has 1 saturated heterocycles. The molecule has 164 valence electrons. The van der Waals surface area contributed by atoms with E-state index >= 15 is 0 Å². The Morgan fingerprint density at radius 1 is 1.06 bits per heavy atom. The number of aliphatic hydroxyl groups excluding tert-OH is 2. The van der Waals surface area contributed by atoms with Gasteiger partial charge in [-0.15, -0.1) is 0 Å². The number of rotatable bonds is 5. The number of piperidine rings is 1. The minimum Gasteiger partial charge on any atom is -0.457 e. The van der Waals surface area contributed by atoms with Crippen molar-refractivity contribution in [2.24, 2.45) is 0 Å². The van der Waals surface area contributed by atoms with Gasteiger partial charge in [-0.2, -0.15) is 0 Å². The predicted octanol–water partition coefficient (Wildman–Crippen LogP) is 3.15. The van der Waals surface area contributed by atoms with E-state index in [2.05, 4.69) is 26.1 Å². The van der Waals surface area contributed by atoms with Crippen LogP contribution in [0, 0.1) is 0 Å². The lowest BCUT2D eigenvalue weighted by Crippen LogP contribution is -2.58. The van der Waals surface area contributed by atoms with Crippen molar-refractivity contribution in [2.45, 2.75) is 63.9 Å². The maximum atomic E-state index is 13.2. The number of benzene rings is 2. The Hall–Kier alpha value is -2.74. The minimum absolute atomic E-state index is 0.0534. The largest absolute Gasteiger partial charge is 0.457 e. The van der Waals surface area contributed by atoms with Crippen molar-refractivity contribution in [3.8, 4) is 11.5 Å². The Labute approximate surface area is 181 Å². The monoisotopic (exact) mass is 424 g/mol. The Balaban J connectivity index is 1.61. The molecule has 2 aromatic rings. The highest BCUT2D eigenvalue weighted by atomic mass is 16.5. The molecule has 3 N–H and O–H groups in total. The van der Waals surface area contributed by atoms with Gasteiger partial charge in [0.25, 0.3) is 11.8 Å². The molecule has 1 fully saturated rings. The highest BCUT2D eigenvalue weighted by Crippen LogP contribution is 2.37. The van der Waals surface area contributed by atoms with Gasteiger partial charge in [-0.3, -0.25) is 19.8 Å². The third-order valence-corrected chi connectivity index (χ3v) is 6.45. The molecule has 0 radical (unpaired) electrons. The number of nitrogens with one attached hydrogen (secondary N) is 1. The van der Waals surface area contributed by atoms with Gasteiger partial charge in [-0.25, -0.2) is 0 Å². The van der Waals surface area contributed by atoms with E-state index in [4.69, 9.17) is 4.74 Å². The molecule has 2 heterocycles. The van der Waals surface area contributed by atoms with Crippen molar-refractivity contribution in [1.29, 1.82) is 0 Å². The number of carbonyl (C=O) groups excluding carboxylic acids is 2. The maximum Gasteiger partial charge on any atom is 0.265 e. The van der Waals surface area contributed by atoms with Gasteiger partial charge >= 0.3 is 0 Å². The van der Waals surface area contributed by atoms with Gasteiger partial charge in [-0.1, -0.05) is 39.0 Å². The van der Waals surface area contributed by atoms with Crippen LogP contribution < -0.4 is 10.1 Å². The molecule has 2 aliphatic heterocycles. The summed E-state index contributed by atoms with van der Waals surface area (Å²) in [5.41, 5.74) is 1.70. The van der Waals surface area contributed by atoms with Crippen molar-refractivity contribution in [2.75, 3.05) is 0 Å². The summed E-state index contributed by atoms with van der Waals surface area (Å²) in [6.45, 7) is 6.50. The standard InChI is InChI=1S/C24H28N2O5/c1-4-24(2,3)14-8-10-15(11-9-14)31-18-7-5-6-16-20(18)23(30)26(22(16)29)17-12-13-19(27)25-21(17)28/h5-11,17,19,21,25,27-28H,4,12-13H2,1-3H3. The van der Waals surface area contributed by atoms with E-state index in [1.165, 1.54) is 5.56 Å². The Morgan fingerprint density at radius 3 is 2.42 bits per heavy atom. The number of nitrogens with zero attached hydrogens (tertiary/aromatic N) is 1. The van der Waals surface area contributed by atoms with Crippen LogP contribution in [0.25, 0.3) is 0 Å². The zero-order valence-electron chi connectivity index (χ0n) is 18.0. The highest BCUT2D eigenvalue weighted by Gasteiger charge is 2.45. The smallest absolute Gasteiger partial charge is 0.265 e. The van der Waals surface area contributed by atoms with Gasteiger partial charge in [0.15, 0.2) is 0 Å². The molecule has 3 atom stereocenters. The van der Waals surface area contributed by atoms with E-state index in [0.29, 0.717) is 24.3 Å². The van der Waals surface area contributed by atoms with Crippen LogP contribution in [0.15, 0.2) is 42.5 Å². The van der Waals surface area contributed by atoms with Gasteiger partial charge < -0.3 is 14.9 Å². The molecule has 0 aliphatic carbocycles. The lowest BCUT2D eigenvalue weighted by Gasteiger charge is -2.36. The summed E-state index contributed by atoms with van der Waals surface area (Å²) >= 11 is 0. The van der Waals surface area contributed by atoms with Crippen molar-refractivity contribution in [3.63, 3.8) is 0 Å². The van der Waals surface area contributed by atoms with E-state index in [9.17, 15) is 19.8 Å². The van der Waals surface area contributed by atoms with Crippen LogP contribution >= 0.6 is 0 Å². The summed E-state index contributed by atoms with van der Waals surface area (Å²) in [7, 11) is 0. The van der Waals surface area contributed by atoms with Gasteiger partial charge in [0.05, 0.1) is 17.2 Å². The Bertz CT molecular complexity index is 1000. The maximum absolute atomic E-state index is 13.2. The number of amides is 2. The summed E-state index contributed by atoms with van der Waals surface area (Å²) in [4.78, 5) is 27.2. The second kappa shape index (κ2) is 8.07. The van der Waals surface area contributed by atoms with Gasteiger partial charge in [-0.05, 0) is 54.5 Å². The van der Waals surface area contributed by atoms with Gasteiger partial charge in [0, 0.05) is 0 Å². The second-order valence-electron chi connectivity index (χ2n) is 8.79. The SMILES string of the molecule is CCC(C)(C)c1ccc(Oc2cccc3c2C(=O)N(C2CCC(O)NC2O)C3=O)cc1. The van der Waals surface area contributed by atoms with Crippen molar-refractivity contribution < 1.29 is 24.5 Å². The molecule has 0 spiro atoms. The van der Waals surface area contributed by atoms with E-state index in [0.717, 1.165) is 11.3 Å². The average molecular weight is 424 g/mol. The van der Waals surface area contributed by atoms with Crippen molar-refractivity contribution >= 4 is 11.8 Å². The van der Waals surface area contributed by atoms with Crippen LogP contribution in [-0.2, 0) is 5.41 Å². The van der Waals surface area contributed by atoms with Crippen LogP contribution in [-0.4, -0.2) is 45.4 Å². The molecule has 0 bridgehead atoms. The topological polar surface area (TPSA) is 99.1 Å². The summed E-state index contributed by atoms with van der Waals surface area (Å²) in [6, 6.07) is 11.9. The lowest BCUT2D eigenvalue weighted by molar-refractivity contribution is -0.0413. The van der Waals surface area contributed by atoms with Crippen molar-refractivity contribution in [3.05, 3.63) is 59.2 Å². The molecule has 7 heteroatoms. The van der Waals surface area contributed by atoms with Crippen LogP contribution in [0.4, 0.5) is 0 Å². The minimum atomic E-state index is -1.19. The lowest BCUT2D eigenvalue weighted by atomic mass is 9.82. The van der Waals surface area contributed by atoms with Crippen LogP contribution in [0.2, 0.25) is 0 Å². The van der Waals surface area contributed by atoms with E-state index < -0.39 is 30.3 Å². The third-order valence-electron chi connectivity index (χ3n) is 6.45. The number of aliphatic hydroxyl groups is 2. The zero-order chi connectivity index (χ0) is 22.3. The fourth-order valence-electron chi connectivity index (χ4n) is 4.11. The Kier molecular flexibility index (Phi) is 5.60. The fraction of sp³-hybridized carbons (Fsp3) is 0.417. The third kappa shape index (κ3) is 3.84. The van der Waals surface area contributed by atoms with Crippen molar-refractivity contribution in [1.82, 2.24) is 10.2 Å². The summed E-state index contributed by atoms with van der Waals surface area (Å²) in [6.07, 6.45) is -0.402. The summed E-state index contributed by atoms with van der Waals surface area (Å²) in [5, 5.41) is 22.5. The van der Waals surface area contributed by atoms with E-state index in [-0.39, 0.29) is 16.5 Å². The molecular formula is C24H28N2O5. The first kappa shape index (κ1) is 21.5. The fourth-order valence-corrected chi connectivity index (χ4v) is 4.11. The van der Waals surface area contributed by atoms with Gasteiger partial charge in [0.2, 0.25) is 0 Å². The molecule has 2 aromatic carbocycles. The molecule has 31 heavy (non-hydrogen) atoms. The molecule has 3 unspecified atom stereocenters. The zero-order valence-corrected chi connectivity index (χ0v) is 18.0. The second-order valence-corrected chi connectivity index (χ2v) is 8.79. The molecule has 2 amide bonds. The van der Waals surface area contributed by atoms with Crippen LogP contribution in [0.1, 0.15) is 66.3 Å². The number of fused-ring (bicyclic) bond motifs is 1. The average Bonchev–Trinajstić information content (AvgIpc) is 3.00. The van der Waals surface area contributed by atoms with Gasteiger partial charge in [0.1, 0.15) is 24.0 Å².